The lowest BCUT2D eigenvalue weighted by molar-refractivity contribution is -0.0290. The van der Waals surface area contributed by atoms with E-state index < -0.39 is 6.10 Å². The maximum atomic E-state index is 11.9. The first-order chi connectivity index (χ1) is 8.29. The summed E-state index contributed by atoms with van der Waals surface area (Å²) >= 11 is 5.56. The molecule has 0 fully saturated rings. The van der Waals surface area contributed by atoms with E-state index in [1.807, 2.05) is 6.07 Å². The van der Waals surface area contributed by atoms with Crippen molar-refractivity contribution in [2.24, 2.45) is 0 Å². The number of halogens is 1. The van der Waals surface area contributed by atoms with Crippen LogP contribution in [-0.4, -0.2) is 28.8 Å². The van der Waals surface area contributed by atoms with E-state index in [1.165, 1.54) is 0 Å². The molecule has 17 heavy (non-hydrogen) atoms. The predicted molar refractivity (Wildman–Crippen MR) is 63.4 cm³/mol. The Hall–Kier alpha value is -1.48. The number of benzene rings is 1. The van der Waals surface area contributed by atoms with Gasteiger partial charge in [0.2, 0.25) is 0 Å². The maximum absolute atomic E-state index is 11.9. The predicted octanol–water partition coefficient (Wildman–Crippen LogP) is 2.24. The molecule has 1 unspecified atom stereocenters. The number of rotatable bonds is 4. The Morgan fingerprint density at radius 2 is 2.18 bits per heavy atom. The van der Waals surface area contributed by atoms with Gasteiger partial charge in [0.05, 0.1) is 0 Å². The minimum absolute atomic E-state index is 0.0424. The number of ketones is 1. The second-order valence-electron chi connectivity index (χ2n) is 3.69. The third-order valence-electron chi connectivity index (χ3n) is 2.64. The molecule has 1 aliphatic carbocycles. The zero-order valence-corrected chi connectivity index (χ0v) is 9.85. The van der Waals surface area contributed by atoms with E-state index in [1.54, 1.807) is 18.2 Å². The highest BCUT2D eigenvalue weighted by Gasteiger charge is 2.43. The lowest BCUT2D eigenvalue weighted by Gasteiger charge is -2.08. The highest BCUT2D eigenvalue weighted by atomic mass is 35.5. The Labute approximate surface area is 104 Å². The van der Waals surface area contributed by atoms with E-state index in [0.717, 1.165) is 5.56 Å². The molecule has 4 nitrogen and oxygen atoms in total. The van der Waals surface area contributed by atoms with Gasteiger partial charge in [-0.05, 0) is 6.42 Å². The summed E-state index contributed by atoms with van der Waals surface area (Å²) in [6.45, 7) is 0.425. The van der Waals surface area contributed by atoms with Crippen LogP contribution in [0.3, 0.4) is 0 Å². The number of carbonyl (C=O) groups is 1. The van der Waals surface area contributed by atoms with Crippen molar-refractivity contribution in [2.45, 2.75) is 12.5 Å². The molecule has 1 aromatic carbocycles. The highest BCUT2D eigenvalue weighted by Crippen LogP contribution is 2.31. The van der Waals surface area contributed by atoms with Crippen molar-refractivity contribution in [1.82, 2.24) is 0 Å². The summed E-state index contributed by atoms with van der Waals surface area (Å²) < 4.78 is 5.55. The molecule has 88 valence electrons. The molecule has 0 N–H and O–H groups in total. The van der Waals surface area contributed by atoms with E-state index in [-0.39, 0.29) is 11.5 Å². The number of Topliss-reactive ketones (excluding diaryl/α,β-unsaturated/α-hetero) is 1. The summed E-state index contributed by atoms with van der Waals surface area (Å²) in [6, 6.07) is 7.10. The van der Waals surface area contributed by atoms with Gasteiger partial charge in [0.15, 0.2) is 6.10 Å². The fourth-order valence-corrected chi connectivity index (χ4v) is 1.97. The molecule has 0 heterocycles. The van der Waals surface area contributed by atoms with Gasteiger partial charge in [0, 0.05) is 23.6 Å². The molecule has 1 aromatic rings. The first-order valence-electron chi connectivity index (χ1n) is 5.32. The Morgan fingerprint density at radius 1 is 1.41 bits per heavy atom. The summed E-state index contributed by atoms with van der Waals surface area (Å²) in [5, 5.41) is 0. The van der Waals surface area contributed by atoms with Gasteiger partial charge in [0.25, 0.3) is 5.78 Å². The van der Waals surface area contributed by atoms with Crippen LogP contribution in [0, 0.1) is 0 Å². The molecule has 5 heteroatoms. The number of nitrogens with zero attached hydrogens (tertiary/aromatic N) is 2. The number of fused-ring (bicyclic) bond motifs is 1. The van der Waals surface area contributed by atoms with Gasteiger partial charge in [-0.2, -0.15) is 4.79 Å². The lowest BCUT2D eigenvalue weighted by Crippen LogP contribution is -2.17. The molecule has 1 atom stereocenters. The van der Waals surface area contributed by atoms with E-state index in [9.17, 15) is 4.79 Å². The van der Waals surface area contributed by atoms with Crippen molar-refractivity contribution in [3.8, 4) is 0 Å². The van der Waals surface area contributed by atoms with Crippen LogP contribution < -0.4 is 0 Å². The molecule has 0 saturated carbocycles. The van der Waals surface area contributed by atoms with E-state index in [2.05, 4.69) is 4.79 Å². The van der Waals surface area contributed by atoms with Gasteiger partial charge >= 0.3 is 5.71 Å². The minimum atomic E-state index is -0.577. The molecular formula is C12H11ClN2O2. The number of alkyl halides is 1. The van der Waals surface area contributed by atoms with Crippen LogP contribution >= 0.6 is 11.6 Å². The maximum Gasteiger partial charge on any atom is 0.372 e. The van der Waals surface area contributed by atoms with E-state index in [4.69, 9.17) is 21.9 Å². The van der Waals surface area contributed by atoms with E-state index in [0.29, 0.717) is 24.5 Å². The molecule has 2 rings (SSSR count). The van der Waals surface area contributed by atoms with Crippen LogP contribution in [0.1, 0.15) is 28.4 Å². The van der Waals surface area contributed by atoms with Gasteiger partial charge in [-0.15, -0.1) is 11.6 Å². The van der Waals surface area contributed by atoms with Gasteiger partial charge in [0.1, 0.15) is 0 Å². The van der Waals surface area contributed by atoms with E-state index >= 15 is 0 Å². The molecule has 0 aromatic heterocycles. The van der Waals surface area contributed by atoms with Crippen molar-refractivity contribution in [3.63, 3.8) is 0 Å². The molecule has 0 amide bonds. The van der Waals surface area contributed by atoms with Crippen molar-refractivity contribution < 1.29 is 14.3 Å². The fraction of sp³-hybridized carbons (Fsp3) is 0.333. The first kappa shape index (κ1) is 12.0. The van der Waals surface area contributed by atoms with Crippen LogP contribution in [0.25, 0.3) is 5.53 Å². The molecule has 0 aliphatic heterocycles. The average Bonchev–Trinajstić information content (AvgIpc) is 2.63. The Morgan fingerprint density at radius 3 is 2.88 bits per heavy atom. The summed E-state index contributed by atoms with van der Waals surface area (Å²) in [7, 11) is 0. The number of carbonyl (C=O) groups excluding carboxylic acids is 1. The molecule has 1 aliphatic rings. The number of hydrogen-bond acceptors (Lipinski definition) is 2. The van der Waals surface area contributed by atoms with Crippen LogP contribution in [0.15, 0.2) is 24.3 Å². The monoisotopic (exact) mass is 250 g/mol. The second kappa shape index (κ2) is 5.23. The van der Waals surface area contributed by atoms with Crippen molar-refractivity contribution in [1.29, 1.82) is 0 Å². The summed E-state index contributed by atoms with van der Waals surface area (Å²) in [5.41, 5.74) is 10.2. The fourth-order valence-electron chi connectivity index (χ4n) is 1.86. The van der Waals surface area contributed by atoms with Crippen molar-refractivity contribution in [3.05, 3.63) is 40.9 Å². The summed E-state index contributed by atoms with van der Waals surface area (Å²) in [4.78, 5) is 14.9. The average molecular weight is 251 g/mol. The second-order valence-corrected chi connectivity index (χ2v) is 4.07. The van der Waals surface area contributed by atoms with Crippen LogP contribution in [-0.2, 0) is 4.74 Å². The third kappa shape index (κ3) is 2.15. The van der Waals surface area contributed by atoms with Crippen LogP contribution in [0.5, 0.6) is 0 Å². The minimum Gasteiger partial charge on any atom is -0.361 e. The zero-order chi connectivity index (χ0) is 12.3. The van der Waals surface area contributed by atoms with Gasteiger partial charge in [-0.1, -0.05) is 24.3 Å². The standard InChI is InChI=1S/C12H11ClN2O2/c13-6-3-7-17-12-9-5-2-1-4-8(9)11(16)10(12)15-14/h1-2,4-5,12H,3,6-7H2. The smallest absolute Gasteiger partial charge is 0.361 e. The normalized spacial score (nSPS) is 18.1. The number of ether oxygens (including phenoxy) is 1. The molecule has 0 spiro atoms. The zero-order valence-electron chi connectivity index (χ0n) is 9.10. The molecule has 0 saturated heterocycles. The van der Waals surface area contributed by atoms with Gasteiger partial charge < -0.3 is 10.3 Å². The largest absolute Gasteiger partial charge is 0.372 e. The van der Waals surface area contributed by atoms with Crippen LogP contribution in [0.2, 0.25) is 0 Å². The SMILES string of the molecule is [N-]=[N+]=C1C(=O)c2ccccc2C1OCCCCl. The van der Waals surface area contributed by atoms with Crippen LogP contribution in [0.4, 0.5) is 0 Å². The van der Waals surface area contributed by atoms with Crippen molar-refractivity contribution >= 4 is 23.1 Å². The van der Waals surface area contributed by atoms with Gasteiger partial charge in [-0.25, -0.2) is 0 Å². The van der Waals surface area contributed by atoms with Crippen molar-refractivity contribution in [2.75, 3.05) is 12.5 Å². The Balaban J connectivity index is 2.30. The first-order valence-corrected chi connectivity index (χ1v) is 5.86. The molecule has 0 bridgehead atoms. The highest BCUT2D eigenvalue weighted by molar-refractivity contribution is 6.48. The molecular weight excluding hydrogens is 240 g/mol. The number of hydrogen-bond donors (Lipinski definition) is 0. The summed E-state index contributed by atoms with van der Waals surface area (Å²) in [6.07, 6.45) is 0.111. The lowest BCUT2D eigenvalue weighted by atomic mass is 10.1. The topological polar surface area (TPSA) is 62.7 Å². The Kier molecular flexibility index (Phi) is 3.69. The Bertz CT molecular complexity index is 495. The van der Waals surface area contributed by atoms with Gasteiger partial charge in [-0.3, -0.25) is 4.79 Å². The molecule has 0 radical (unpaired) electrons. The third-order valence-corrected chi connectivity index (χ3v) is 2.91. The summed E-state index contributed by atoms with van der Waals surface area (Å²) in [5.74, 6) is 0.215. The quantitative estimate of drug-likeness (QED) is 0.356.